The van der Waals surface area contributed by atoms with E-state index >= 15 is 0 Å². The molecular weight excluding hydrogens is 376 g/mol. The molecule has 0 saturated carbocycles. The van der Waals surface area contributed by atoms with E-state index in [0.717, 1.165) is 24.0 Å². The number of imide groups is 1. The van der Waals surface area contributed by atoms with Gasteiger partial charge in [0.1, 0.15) is 0 Å². The minimum atomic E-state index is -0.681. The summed E-state index contributed by atoms with van der Waals surface area (Å²) < 4.78 is 0. The molecule has 1 aliphatic carbocycles. The van der Waals surface area contributed by atoms with E-state index in [-0.39, 0.29) is 17.7 Å². The maximum absolute atomic E-state index is 12.5. The van der Waals surface area contributed by atoms with Crippen LogP contribution in [0.15, 0.2) is 42.5 Å². The van der Waals surface area contributed by atoms with E-state index in [1.807, 2.05) is 31.2 Å². The molecular formula is C25H28N2O3. The fourth-order valence-electron chi connectivity index (χ4n) is 4.73. The predicted octanol–water partition coefficient (Wildman–Crippen LogP) is 3.83. The standard InChI is InChI=1S/C25H28N2O3/c1-2-25(14-13-22(28)27-24(25)30)20-9-11-21(12-10-20)26-23(29)16-17-7-8-18-5-3-4-6-19(18)15-17/h7-12,15H,2-6,13-14,16H2,1H3,(H,26,29)(H,27,28,30). The Morgan fingerprint density at radius 3 is 2.43 bits per heavy atom. The van der Waals surface area contributed by atoms with Gasteiger partial charge in [0.2, 0.25) is 17.7 Å². The second kappa shape index (κ2) is 8.42. The van der Waals surface area contributed by atoms with Crippen LogP contribution in [0.2, 0.25) is 0 Å². The fourth-order valence-corrected chi connectivity index (χ4v) is 4.73. The summed E-state index contributed by atoms with van der Waals surface area (Å²) in [5.41, 5.74) is 4.74. The van der Waals surface area contributed by atoms with Crippen molar-refractivity contribution in [2.75, 3.05) is 5.32 Å². The zero-order valence-corrected chi connectivity index (χ0v) is 17.4. The van der Waals surface area contributed by atoms with E-state index in [2.05, 4.69) is 28.8 Å². The van der Waals surface area contributed by atoms with Gasteiger partial charge in [0, 0.05) is 12.1 Å². The molecule has 156 valence electrons. The Morgan fingerprint density at radius 1 is 1.00 bits per heavy atom. The number of hydrogen-bond donors (Lipinski definition) is 2. The number of carbonyl (C=O) groups is 3. The maximum Gasteiger partial charge on any atom is 0.237 e. The largest absolute Gasteiger partial charge is 0.326 e. The quantitative estimate of drug-likeness (QED) is 0.744. The van der Waals surface area contributed by atoms with Gasteiger partial charge in [0.15, 0.2) is 0 Å². The molecule has 30 heavy (non-hydrogen) atoms. The van der Waals surface area contributed by atoms with E-state index in [4.69, 9.17) is 0 Å². The van der Waals surface area contributed by atoms with Gasteiger partial charge in [0.05, 0.1) is 11.8 Å². The lowest BCUT2D eigenvalue weighted by Crippen LogP contribution is -2.51. The van der Waals surface area contributed by atoms with Crippen molar-refractivity contribution in [1.82, 2.24) is 5.32 Å². The lowest BCUT2D eigenvalue weighted by molar-refractivity contribution is -0.138. The number of rotatable bonds is 5. The minimum absolute atomic E-state index is 0.0512. The average molecular weight is 405 g/mol. The second-order valence-corrected chi connectivity index (χ2v) is 8.43. The molecule has 1 fully saturated rings. The van der Waals surface area contributed by atoms with E-state index in [1.165, 1.54) is 24.0 Å². The van der Waals surface area contributed by atoms with Crippen molar-refractivity contribution < 1.29 is 14.4 Å². The molecule has 0 aromatic heterocycles. The molecule has 4 rings (SSSR count). The summed E-state index contributed by atoms with van der Waals surface area (Å²) >= 11 is 0. The second-order valence-electron chi connectivity index (χ2n) is 8.43. The van der Waals surface area contributed by atoms with Crippen LogP contribution in [0.1, 0.15) is 61.3 Å². The van der Waals surface area contributed by atoms with Gasteiger partial charge in [-0.1, -0.05) is 37.3 Å². The third kappa shape index (κ3) is 4.02. The van der Waals surface area contributed by atoms with Crippen molar-refractivity contribution in [2.45, 2.75) is 63.7 Å². The van der Waals surface area contributed by atoms with Gasteiger partial charge in [-0.25, -0.2) is 0 Å². The third-order valence-corrected chi connectivity index (χ3v) is 6.57. The first kappa shape index (κ1) is 20.3. The Labute approximate surface area is 177 Å². The van der Waals surface area contributed by atoms with Crippen molar-refractivity contribution in [2.24, 2.45) is 0 Å². The number of anilines is 1. The average Bonchev–Trinajstić information content (AvgIpc) is 2.75. The van der Waals surface area contributed by atoms with Crippen LogP contribution in [0.5, 0.6) is 0 Å². The van der Waals surface area contributed by atoms with Gasteiger partial charge in [-0.3, -0.25) is 19.7 Å². The minimum Gasteiger partial charge on any atom is -0.326 e. The molecule has 2 N–H and O–H groups in total. The van der Waals surface area contributed by atoms with E-state index in [1.54, 1.807) is 0 Å². The van der Waals surface area contributed by atoms with Crippen LogP contribution in [-0.2, 0) is 39.1 Å². The molecule has 2 aromatic carbocycles. The Hall–Kier alpha value is -2.95. The highest BCUT2D eigenvalue weighted by Gasteiger charge is 2.42. The molecule has 1 atom stereocenters. The van der Waals surface area contributed by atoms with Gasteiger partial charge in [0.25, 0.3) is 0 Å². The Kier molecular flexibility index (Phi) is 5.71. The lowest BCUT2D eigenvalue weighted by Gasteiger charge is -2.35. The van der Waals surface area contributed by atoms with Crippen LogP contribution >= 0.6 is 0 Å². The lowest BCUT2D eigenvalue weighted by atomic mass is 9.72. The Morgan fingerprint density at radius 2 is 1.73 bits per heavy atom. The van der Waals surface area contributed by atoms with Crippen molar-refractivity contribution in [3.8, 4) is 0 Å². The van der Waals surface area contributed by atoms with E-state index in [9.17, 15) is 14.4 Å². The predicted molar refractivity (Wildman–Crippen MR) is 116 cm³/mol. The molecule has 2 aromatic rings. The van der Waals surface area contributed by atoms with Crippen molar-refractivity contribution in [3.05, 3.63) is 64.7 Å². The molecule has 1 aliphatic heterocycles. The monoisotopic (exact) mass is 404 g/mol. The molecule has 5 heteroatoms. The summed E-state index contributed by atoms with van der Waals surface area (Å²) in [7, 11) is 0. The molecule has 3 amide bonds. The van der Waals surface area contributed by atoms with Gasteiger partial charge < -0.3 is 5.32 Å². The highest BCUT2D eigenvalue weighted by Crippen LogP contribution is 2.36. The summed E-state index contributed by atoms with van der Waals surface area (Å²) in [4.78, 5) is 36.6. The van der Waals surface area contributed by atoms with Crippen LogP contribution in [0.25, 0.3) is 0 Å². The fraction of sp³-hybridized carbons (Fsp3) is 0.400. The summed E-state index contributed by atoms with van der Waals surface area (Å²) in [6.07, 6.45) is 6.54. The first-order chi connectivity index (χ1) is 14.5. The van der Waals surface area contributed by atoms with Crippen LogP contribution < -0.4 is 10.6 Å². The van der Waals surface area contributed by atoms with Crippen molar-refractivity contribution in [1.29, 1.82) is 0 Å². The molecule has 0 radical (unpaired) electrons. The zero-order valence-electron chi connectivity index (χ0n) is 17.4. The molecule has 2 aliphatic rings. The van der Waals surface area contributed by atoms with Crippen LogP contribution in [0.4, 0.5) is 5.69 Å². The maximum atomic E-state index is 12.5. The van der Waals surface area contributed by atoms with Crippen LogP contribution in [0.3, 0.4) is 0 Å². The molecule has 0 bridgehead atoms. The Balaban J connectivity index is 1.42. The van der Waals surface area contributed by atoms with Crippen molar-refractivity contribution >= 4 is 23.4 Å². The first-order valence-corrected chi connectivity index (χ1v) is 10.9. The highest BCUT2D eigenvalue weighted by molar-refractivity contribution is 6.03. The number of nitrogens with one attached hydrogen (secondary N) is 2. The summed E-state index contributed by atoms with van der Waals surface area (Å²) in [5.74, 6) is -0.495. The molecule has 1 saturated heterocycles. The zero-order chi connectivity index (χ0) is 21.1. The molecule has 1 heterocycles. The molecule has 1 unspecified atom stereocenters. The van der Waals surface area contributed by atoms with Crippen LogP contribution in [-0.4, -0.2) is 17.7 Å². The van der Waals surface area contributed by atoms with Gasteiger partial charge in [-0.15, -0.1) is 0 Å². The van der Waals surface area contributed by atoms with E-state index in [0.29, 0.717) is 31.4 Å². The SMILES string of the molecule is CCC1(c2ccc(NC(=O)Cc3ccc4c(c3)CCCC4)cc2)CCC(=O)NC1=O. The van der Waals surface area contributed by atoms with Gasteiger partial charge >= 0.3 is 0 Å². The molecule has 5 nitrogen and oxygen atoms in total. The molecule has 0 spiro atoms. The number of piperidine rings is 1. The number of benzene rings is 2. The summed E-state index contributed by atoms with van der Waals surface area (Å²) in [5, 5.41) is 5.42. The van der Waals surface area contributed by atoms with Gasteiger partial charge in [-0.05, 0) is 72.9 Å². The topological polar surface area (TPSA) is 75.3 Å². The summed E-state index contributed by atoms with van der Waals surface area (Å²) in [6.45, 7) is 1.96. The first-order valence-electron chi connectivity index (χ1n) is 10.9. The highest BCUT2D eigenvalue weighted by atomic mass is 16.2. The van der Waals surface area contributed by atoms with Crippen LogP contribution in [0, 0.1) is 0 Å². The smallest absolute Gasteiger partial charge is 0.237 e. The number of hydrogen-bond acceptors (Lipinski definition) is 3. The Bertz CT molecular complexity index is 980. The van der Waals surface area contributed by atoms with Gasteiger partial charge in [-0.2, -0.15) is 0 Å². The van der Waals surface area contributed by atoms with E-state index < -0.39 is 5.41 Å². The number of amides is 3. The number of fused-ring (bicyclic) bond motifs is 1. The number of aryl methyl sites for hydroxylation is 2. The normalized spacial score (nSPS) is 21.0. The summed E-state index contributed by atoms with van der Waals surface area (Å²) in [6, 6.07) is 13.8. The number of carbonyl (C=O) groups excluding carboxylic acids is 3. The van der Waals surface area contributed by atoms with Crippen molar-refractivity contribution in [3.63, 3.8) is 0 Å². The third-order valence-electron chi connectivity index (χ3n) is 6.57.